The molecule has 0 spiro atoms. The number of carbonyl (C=O) groups excluding carboxylic acids is 1. The number of nitrogens with zero attached hydrogens (tertiary/aromatic N) is 3. The van der Waals surface area contributed by atoms with Gasteiger partial charge in [0.25, 0.3) is 0 Å². The quantitative estimate of drug-likeness (QED) is 0.506. The van der Waals surface area contributed by atoms with Gasteiger partial charge in [-0.2, -0.15) is 0 Å². The number of carbonyl (C=O) groups is 1. The van der Waals surface area contributed by atoms with Crippen molar-refractivity contribution in [3.63, 3.8) is 0 Å². The number of nitrogens with one attached hydrogen (secondary N) is 2. The lowest BCUT2D eigenvalue weighted by molar-refractivity contribution is -0.134. The van der Waals surface area contributed by atoms with Gasteiger partial charge in [-0.15, -0.1) is 0 Å². The van der Waals surface area contributed by atoms with Crippen molar-refractivity contribution in [1.29, 1.82) is 0 Å². The molecule has 7 heteroatoms. The molecule has 1 aliphatic heterocycles. The molecule has 30 heavy (non-hydrogen) atoms. The molecule has 2 aliphatic carbocycles. The van der Waals surface area contributed by atoms with Crippen LogP contribution in [-0.4, -0.2) is 54.0 Å². The zero-order valence-electron chi connectivity index (χ0n) is 18.1. The Morgan fingerprint density at radius 3 is 2.87 bits per heavy atom. The molecule has 3 fully saturated rings. The van der Waals surface area contributed by atoms with Gasteiger partial charge in [-0.1, -0.05) is 12.8 Å². The predicted octanol–water partition coefficient (Wildman–Crippen LogP) is 2.72. The summed E-state index contributed by atoms with van der Waals surface area (Å²) in [7, 11) is 0. The first kappa shape index (κ1) is 20.9. The number of guanidine groups is 1. The molecule has 1 atom stereocenters. The first-order valence-electron chi connectivity index (χ1n) is 11.6. The number of pyridine rings is 1. The summed E-state index contributed by atoms with van der Waals surface area (Å²) in [6.45, 7) is 5.82. The number of aromatic nitrogens is 1. The van der Waals surface area contributed by atoms with Crippen LogP contribution in [-0.2, 0) is 11.3 Å². The van der Waals surface area contributed by atoms with Gasteiger partial charge in [0, 0.05) is 43.9 Å². The number of rotatable bonds is 8. The van der Waals surface area contributed by atoms with Crippen LogP contribution >= 0.6 is 0 Å². The van der Waals surface area contributed by atoms with Crippen molar-refractivity contribution < 1.29 is 9.53 Å². The monoisotopic (exact) mass is 413 g/mol. The highest BCUT2D eigenvalue weighted by molar-refractivity contribution is 5.81. The van der Waals surface area contributed by atoms with Crippen LogP contribution in [0.4, 0.5) is 0 Å². The lowest BCUT2D eigenvalue weighted by Gasteiger charge is -2.21. The van der Waals surface area contributed by atoms with Crippen molar-refractivity contribution in [3.8, 4) is 5.88 Å². The van der Waals surface area contributed by atoms with Gasteiger partial charge in [0.2, 0.25) is 11.8 Å². The minimum atomic E-state index is 0.253. The zero-order valence-corrected chi connectivity index (χ0v) is 18.1. The molecule has 164 valence electrons. The van der Waals surface area contributed by atoms with Crippen molar-refractivity contribution in [2.45, 2.75) is 64.5 Å². The summed E-state index contributed by atoms with van der Waals surface area (Å²) < 4.78 is 5.78. The number of amides is 1. The molecule has 7 nitrogen and oxygen atoms in total. The molecule has 0 bridgehead atoms. The molecule has 1 aromatic rings. The number of hydrogen-bond donors (Lipinski definition) is 2. The lowest BCUT2D eigenvalue weighted by Crippen LogP contribution is -2.45. The second-order valence-electron chi connectivity index (χ2n) is 8.85. The molecule has 0 aromatic carbocycles. The Labute approximate surface area is 179 Å². The molecule has 4 rings (SSSR count). The van der Waals surface area contributed by atoms with Gasteiger partial charge in [0.05, 0.1) is 13.2 Å². The number of likely N-dealkylation sites (tertiary alicyclic amines) is 1. The predicted molar refractivity (Wildman–Crippen MR) is 117 cm³/mol. The van der Waals surface area contributed by atoms with E-state index in [2.05, 4.69) is 22.5 Å². The fraction of sp³-hybridized carbons (Fsp3) is 0.696. The SMILES string of the molecule is CCNC(=NCc1ccnc(OCC2CC2)c1)NC1CCN(C(=O)C2CCCC2)C1. The Morgan fingerprint density at radius 1 is 1.27 bits per heavy atom. The molecule has 2 heterocycles. The fourth-order valence-corrected chi connectivity index (χ4v) is 4.31. The number of hydrogen-bond acceptors (Lipinski definition) is 4. The van der Waals surface area contributed by atoms with Gasteiger partial charge in [0.15, 0.2) is 5.96 Å². The van der Waals surface area contributed by atoms with E-state index >= 15 is 0 Å². The van der Waals surface area contributed by atoms with Gasteiger partial charge in [-0.05, 0) is 56.6 Å². The van der Waals surface area contributed by atoms with Crippen molar-refractivity contribution in [1.82, 2.24) is 20.5 Å². The number of ether oxygens (including phenoxy) is 1. The van der Waals surface area contributed by atoms with E-state index in [1.807, 2.05) is 17.0 Å². The van der Waals surface area contributed by atoms with Crippen LogP contribution < -0.4 is 15.4 Å². The Bertz CT molecular complexity index is 743. The highest BCUT2D eigenvalue weighted by Crippen LogP contribution is 2.29. The van der Waals surface area contributed by atoms with E-state index in [-0.39, 0.29) is 12.0 Å². The smallest absolute Gasteiger partial charge is 0.225 e. The average molecular weight is 414 g/mol. The fourth-order valence-electron chi connectivity index (χ4n) is 4.31. The van der Waals surface area contributed by atoms with Crippen LogP contribution in [0, 0.1) is 11.8 Å². The van der Waals surface area contributed by atoms with Crippen molar-refractivity contribution in [2.75, 3.05) is 26.2 Å². The Balaban J connectivity index is 1.29. The molecule has 2 saturated carbocycles. The van der Waals surface area contributed by atoms with E-state index < -0.39 is 0 Å². The largest absolute Gasteiger partial charge is 0.477 e. The van der Waals surface area contributed by atoms with Gasteiger partial charge in [-0.3, -0.25) is 4.79 Å². The van der Waals surface area contributed by atoms with Gasteiger partial charge >= 0.3 is 0 Å². The van der Waals surface area contributed by atoms with Gasteiger partial charge < -0.3 is 20.3 Å². The second kappa shape index (κ2) is 10.1. The van der Waals surface area contributed by atoms with E-state index in [1.165, 1.54) is 25.7 Å². The van der Waals surface area contributed by atoms with E-state index in [0.717, 1.165) is 57.0 Å². The topological polar surface area (TPSA) is 78.9 Å². The normalized spacial score (nSPS) is 22.4. The standard InChI is InChI=1S/C23H35N5O2/c1-2-24-23(26-14-18-9-11-25-21(13-18)30-16-17-7-8-17)27-20-10-12-28(15-20)22(29)19-5-3-4-6-19/h9,11,13,17,19-20H,2-8,10,12,14-16H2,1H3,(H2,24,26,27). The molecule has 1 saturated heterocycles. The summed E-state index contributed by atoms with van der Waals surface area (Å²) in [5.41, 5.74) is 1.08. The summed E-state index contributed by atoms with van der Waals surface area (Å²) >= 11 is 0. The minimum absolute atomic E-state index is 0.253. The molecule has 1 amide bonds. The zero-order chi connectivity index (χ0) is 20.8. The first-order valence-corrected chi connectivity index (χ1v) is 11.6. The van der Waals surface area contributed by atoms with Crippen LogP contribution in [0.25, 0.3) is 0 Å². The molecular weight excluding hydrogens is 378 g/mol. The Hall–Kier alpha value is -2.31. The molecule has 3 aliphatic rings. The lowest BCUT2D eigenvalue weighted by atomic mass is 10.1. The van der Waals surface area contributed by atoms with Crippen LogP contribution in [0.15, 0.2) is 23.3 Å². The van der Waals surface area contributed by atoms with Crippen molar-refractivity contribution >= 4 is 11.9 Å². The molecule has 2 N–H and O–H groups in total. The molecule has 1 aromatic heterocycles. The maximum Gasteiger partial charge on any atom is 0.225 e. The summed E-state index contributed by atoms with van der Waals surface area (Å²) in [6.07, 6.45) is 9.83. The first-order chi connectivity index (χ1) is 14.7. The Kier molecular flexibility index (Phi) is 7.07. The minimum Gasteiger partial charge on any atom is -0.477 e. The summed E-state index contributed by atoms with van der Waals surface area (Å²) in [6, 6.07) is 4.21. The van der Waals surface area contributed by atoms with Crippen molar-refractivity contribution in [3.05, 3.63) is 23.9 Å². The van der Waals surface area contributed by atoms with E-state index in [4.69, 9.17) is 9.73 Å². The van der Waals surface area contributed by atoms with E-state index in [9.17, 15) is 4.79 Å². The summed E-state index contributed by atoms with van der Waals surface area (Å²) in [4.78, 5) is 23.8. The maximum absolute atomic E-state index is 12.7. The van der Waals surface area contributed by atoms with Crippen LogP contribution in [0.2, 0.25) is 0 Å². The molecular formula is C23H35N5O2. The van der Waals surface area contributed by atoms with Crippen LogP contribution in [0.3, 0.4) is 0 Å². The summed E-state index contributed by atoms with van der Waals surface area (Å²) in [5.74, 6) is 2.81. The van der Waals surface area contributed by atoms with E-state index in [1.54, 1.807) is 6.20 Å². The summed E-state index contributed by atoms with van der Waals surface area (Å²) in [5, 5.41) is 6.85. The van der Waals surface area contributed by atoms with Gasteiger partial charge in [-0.25, -0.2) is 9.98 Å². The third-order valence-electron chi connectivity index (χ3n) is 6.27. The highest BCUT2D eigenvalue weighted by atomic mass is 16.5. The molecule has 1 unspecified atom stereocenters. The van der Waals surface area contributed by atoms with Gasteiger partial charge in [0.1, 0.15) is 0 Å². The average Bonchev–Trinajstić information content (AvgIpc) is 3.22. The molecule has 0 radical (unpaired) electrons. The second-order valence-corrected chi connectivity index (χ2v) is 8.85. The third kappa shape index (κ3) is 5.86. The maximum atomic E-state index is 12.7. The van der Waals surface area contributed by atoms with Crippen LogP contribution in [0.5, 0.6) is 5.88 Å². The van der Waals surface area contributed by atoms with E-state index in [0.29, 0.717) is 24.2 Å². The number of aliphatic imine (C=N–C) groups is 1. The Morgan fingerprint density at radius 2 is 2.10 bits per heavy atom. The third-order valence-corrected chi connectivity index (χ3v) is 6.27. The highest BCUT2D eigenvalue weighted by Gasteiger charge is 2.32. The van der Waals surface area contributed by atoms with Crippen molar-refractivity contribution in [2.24, 2.45) is 16.8 Å². The van der Waals surface area contributed by atoms with Crippen LogP contribution in [0.1, 0.15) is 57.4 Å².